The Balaban J connectivity index is 1.93. The van der Waals surface area contributed by atoms with Crippen molar-refractivity contribution in [1.29, 1.82) is 0 Å². The van der Waals surface area contributed by atoms with Crippen LogP contribution in [0.2, 0.25) is 0 Å². The molecule has 3 heteroatoms. The van der Waals surface area contributed by atoms with E-state index in [1.807, 2.05) is 0 Å². The zero-order valence-corrected chi connectivity index (χ0v) is 8.19. The molecule has 13 heavy (non-hydrogen) atoms. The first-order chi connectivity index (χ1) is 6.34. The van der Waals surface area contributed by atoms with E-state index in [1.165, 1.54) is 5.56 Å². The van der Waals surface area contributed by atoms with Gasteiger partial charge in [0.25, 0.3) is 0 Å². The fraction of sp³-hybridized carbons (Fsp3) is 0.400. The van der Waals surface area contributed by atoms with Crippen molar-refractivity contribution in [1.82, 2.24) is 4.90 Å². The Kier molecular flexibility index (Phi) is 2.76. The van der Waals surface area contributed by atoms with Crippen LogP contribution in [0.25, 0.3) is 0 Å². The zero-order valence-electron chi connectivity index (χ0n) is 7.37. The lowest BCUT2D eigenvalue weighted by Crippen LogP contribution is -2.28. The van der Waals surface area contributed by atoms with E-state index in [1.54, 1.807) is 17.4 Å². The normalized spacial score (nSPS) is 18.7. The summed E-state index contributed by atoms with van der Waals surface area (Å²) >= 11 is 1.69. The minimum Gasteiger partial charge on any atom is -0.292 e. The smallest absolute Gasteiger partial charge is 0.110 e. The SMILES string of the molecule is FC1=CCCN(Cc2ccsc2)C1. The van der Waals surface area contributed by atoms with Gasteiger partial charge in [0.15, 0.2) is 0 Å². The number of thiophene rings is 1. The summed E-state index contributed by atoms with van der Waals surface area (Å²) in [6, 6.07) is 2.10. The fourth-order valence-corrected chi connectivity index (χ4v) is 2.20. The van der Waals surface area contributed by atoms with Crippen LogP contribution in [0.1, 0.15) is 12.0 Å². The van der Waals surface area contributed by atoms with Gasteiger partial charge >= 0.3 is 0 Å². The van der Waals surface area contributed by atoms with Gasteiger partial charge in [-0.15, -0.1) is 0 Å². The molecular formula is C10H12FNS. The molecule has 70 valence electrons. The molecule has 0 saturated heterocycles. The Morgan fingerprint density at radius 3 is 3.15 bits per heavy atom. The molecule has 0 unspecified atom stereocenters. The number of hydrogen-bond acceptors (Lipinski definition) is 2. The van der Waals surface area contributed by atoms with Crippen molar-refractivity contribution >= 4 is 11.3 Å². The second kappa shape index (κ2) is 4.03. The van der Waals surface area contributed by atoms with Gasteiger partial charge in [-0.2, -0.15) is 11.3 Å². The van der Waals surface area contributed by atoms with Crippen LogP contribution < -0.4 is 0 Å². The third-order valence-corrected chi connectivity index (χ3v) is 2.90. The number of halogens is 1. The molecule has 0 spiro atoms. The Labute approximate surface area is 81.5 Å². The third-order valence-electron chi connectivity index (χ3n) is 2.17. The molecule has 1 nitrogen and oxygen atoms in total. The molecule has 0 amide bonds. The fourth-order valence-electron chi connectivity index (χ4n) is 1.54. The highest BCUT2D eigenvalue weighted by Crippen LogP contribution is 2.15. The topological polar surface area (TPSA) is 3.24 Å². The van der Waals surface area contributed by atoms with Crippen molar-refractivity contribution in [2.75, 3.05) is 13.1 Å². The second-order valence-electron chi connectivity index (χ2n) is 3.28. The van der Waals surface area contributed by atoms with Crippen LogP contribution in [0, 0.1) is 0 Å². The largest absolute Gasteiger partial charge is 0.292 e. The first-order valence-corrected chi connectivity index (χ1v) is 5.37. The van der Waals surface area contributed by atoms with Gasteiger partial charge in [-0.05, 0) is 28.8 Å². The van der Waals surface area contributed by atoms with Crippen molar-refractivity contribution in [3.63, 3.8) is 0 Å². The quantitative estimate of drug-likeness (QED) is 0.704. The number of nitrogens with zero attached hydrogens (tertiary/aromatic N) is 1. The van der Waals surface area contributed by atoms with E-state index in [9.17, 15) is 4.39 Å². The van der Waals surface area contributed by atoms with Crippen LogP contribution in [0.5, 0.6) is 0 Å². The maximum Gasteiger partial charge on any atom is 0.110 e. The molecule has 0 atom stereocenters. The Morgan fingerprint density at radius 2 is 2.46 bits per heavy atom. The molecule has 1 aliphatic rings. The predicted molar refractivity (Wildman–Crippen MR) is 53.4 cm³/mol. The van der Waals surface area contributed by atoms with Crippen molar-refractivity contribution in [2.45, 2.75) is 13.0 Å². The highest BCUT2D eigenvalue weighted by molar-refractivity contribution is 7.07. The van der Waals surface area contributed by atoms with E-state index in [0.717, 1.165) is 19.5 Å². The summed E-state index contributed by atoms with van der Waals surface area (Å²) in [6.07, 6.45) is 2.53. The minimum atomic E-state index is 0.0153. The molecule has 1 aliphatic heterocycles. The summed E-state index contributed by atoms with van der Waals surface area (Å²) in [5.41, 5.74) is 1.29. The lowest BCUT2D eigenvalue weighted by Gasteiger charge is -2.23. The van der Waals surface area contributed by atoms with Crippen LogP contribution >= 0.6 is 11.3 Å². The van der Waals surface area contributed by atoms with Crippen LogP contribution in [0.15, 0.2) is 28.7 Å². The molecule has 0 radical (unpaired) electrons. The lowest BCUT2D eigenvalue weighted by atomic mass is 10.2. The number of hydrogen-bond donors (Lipinski definition) is 0. The van der Waals surface area contributed by atoms with Crippen molar-refractivity contribution in [3.05, 3.63) is 34.3 Å². The van der Waals surface area contributed by atoms with Crippen LogP contribution in [-0.4, -0.2) is 18.0 Å². The Hall–Kier alpha value is -0.670. The molecule has 0 bridgehead atoms. The Bertz CT molecular complexity index is 292. The van der Waals surface area contributed by atoms with E-state index in [-0.39, 0.29) is 5.83 Å². The summed E-state index contributed by atoms with van der Waals surface area (Å²) in [6.45, 7) is 2.34. The van der Waals surface area contributed by atoms with Gasteiger partial charge in [-0.3, -0.25) is 4.90 Å². The summed E-state index contributed by atoms with van der Waals surface area (Å²) < 4.78 is 12.9. The van der Waals surface area contributed by atoms with Gasteiger partial charge in [0, 0.05) is 13.1 Å². The minimum absolute atomic E-state index is 0.0153. The molecule has 0 fully saturated rings. The highest BCUT2D eigenvalue weighted by atomic mass is 32.1. The Morgan fingerprint density at radius 1 is 1.54 bits per heavy atom. The van der Waals surface area contributed by atoms with E-state index < -0.39 is 0 Å². The molecule has 0 saturated carbocycles. The summed E-state index contributed by atoms with van der Waals surface area (Å²) in [5.74, 6) is 0.0153. The number of rotatable bonds is 2. The van der Waals surface area contributed by atoms with Gasteiger partial charge in [0.05, 0.1) is 6.54 Å². The van der Waals surface area contributed by atoms with Crippen LogP contribution in [0.3, 0.4) is 0 Å². The van der Waals surface area contributed by atoms with Crippen LogP contribution in [0.4, 0.5) is 4.39 Å². The standard InChI is InChI=1S/C10H12FNS/c11-10-2-1-4-12(7-10)6-9-3-5-13-8-9/h2-3,5,8H,1,4,6-7H2. The second-order valence-corrected chi connectivity index (χ2v) is 4.06. The lowest BCUT2D eigenvalue weighted by molar-refractivity contribution is 0.259. The van der Waals surface area contributed by atoms with Crippen molar-refractivity contribution < 1.29 is 4.39 Å². The first kappa shape index (κ1) is 8.91. The summed E-state index contributed by atoms with van der Waals surface area (Å²) in [4.78, 5) is 2.14. The van der Waals surface area contributed by atoms with Gasteiger partial charge < -0.3 is 0 Å². The first-order valence-electron chi connectivity index (χ1n) is 4.42. The average Bonchev–Trinajstić information content (AvgIpc) is 2.57. The van der Waals surface area contributed by atoms with Gasteiger partial charge in [0.2, 0.25) is 0 Å². The van der Waals surface area contributed by atoms with E-state index in [0.29, 0.717) is 6.54 Å². The summed E-state index contributed by atoms with van der Waals surface area (Å²) in [7, 11) is 0. The predicted octanol–water partition coefficient (Wildman–Crippen LogP) is 2.81. The average molecular weight is 197 g/mol. The van der Waals surface area contributed by atoms with Crippen molar-refractivity contribution in [2.24, 2.45) is 0 Å². The molecule has 2 rings (SSSR count). The van der Waals surface area contributed by atoms with E-state index in [2.05, 4.69) is 21.7 Å². The maximum atomic E-state index is 12.9. The van der Waals surface area contributed by atoms with E-state index in [4.69, 9.17) is 0 Å². The zero-order chi connectivity index (χ0) is 9.10. The molecule has 0 N–H and O–H groups in total. The monoisotopic (exact) mass is 197 g/mol. The molecule has 1 aromatic rings. The van der Waals surface area contributed by atoms with Crippen molar-refractivity contribution in [3.8, 4) is 0 Å². The van der Waals surface area contributed by atoms with Gasteiger partial charge in [-0.25, -0.2) is 4.39 Å². The third kappa shape index (κ3) is 2.39. The molecule has 2 heterocycles. The molecular weight excluding hydrogens is 185 g/mol. The molecule has 0 aromatic carbocycles. The van der Waals surface area contributed by atoms with Gasteiger partial charge in [-0.1, -0.05) is 6.08 Å². The highest BCUT2D eigenvalue weighted by Gasteiger charge is 2.12. The molecule has 1 aromatic heterocycles. The summed E-state index contributed by atoms with van der Waals surface area (Å²) in [5, 5.41) is 4.18. The van der Waals surface area contributed by atoms with E-state index >= 15 is 0 Å². The maximum absolute atomic E-state index is 12.9. The molecule has 0 aliphatic carbocycles. The van der Waals surface area contributed by atoms with Gasteiger partial charge in [0.1, 0.15) is 5.83 Å². The van der Waals surface area contributed by atoms with Crippen LogP contribution in [-0.2, 0) is 6.54 Å².